The molecule has 0 amide bonds. The zero-order valence-corrected chi connectivity index (χ0v) is 16.7. The molecule has 0 aromatic heterocycles. The van der Waals surface area contributed by atoms with E-state index in [1.807, 2.05) is 6.08 Å². The third-order valence-corrected chi connectivity index (χ3v) is 4.69. The molecule has 1 atom stereocenters. The van der Waals surface area contributed by atoms with Crippen LogP contribution in [-0.4, -0.2) is 35.9 Å². The maximum absolute atomic E-state index is 12.0. The number of allylic oxidation sites excluding steroid dienone is 1. The monoisotopic (exact) mass is 368 g/mol. The molecule has 1 fully saturated rings. The number of hydrogen-bond acceptors (Lipinski definition) is 5. The predicted molar refractivity (Wildman–Crippen MR) is 102 cm³/mol. The third-order valence-electron chi connectivity index (χ3n) is 4.69. The molecule has 1 unspecified atom stereocenters. The van der Waals surface area contributed by atoms with Crippen LogP contribution in [0.15, 0.2) is 11.6 Å². The minimum atomic E-state index is -1.12. The van der Waals surface area contributed by atoms with Crippen molar-refractivity contribution in [2.45, 2.75) is 90.6 Å². The lowest BCUT2D eigenvalue weighted by Gasteiger charge is -2.24. The molecule has 5 heteroatoms. The summed E-state index contributed by atoms with van der Waals surface area (Å²) in [7, 11) is 0. The fourth-order valence-corrected chi connectivity index (χ4v) is 2.98. The smallest absolute Gasteiger partial charge is 0.334 e. The summed E-state index contributed by atoms with van der Waals surface area (Å²) in [5.74, 6) is -0.260. The minimum absolute atomic E-state index is 0.0798. The van der Waals surface area contributed by atoms with Crippen LogP contribution in [0.1, 0.15) is 85.0 Å². The van der Waals surface area contributed by atoms with Crippen LogP contribution in [0, 0.1) is 5.92 Å². The van der Waals surface area contributed by atoms with Crippen LogP contribution >= 0.6 is 0 Å². The highest BCUT2D eigenvalue weighted by Gasteiger charge is 2.44. The first-order valence-corrected chi connectivity index (χ1v) is 10.1. The van der Waals surface area contributed by atoms with Crippen LogP contribution < -0.4 is 0 Å². The number of carbonyl (C=O) groups is 2. The molecule has 0 spiro atoms. The standard InChI is InChI=1S/C21H36O5/c1-4-5-6-7-8-9-10-11-19(23)25-16-21(15-22)14-18(20(24)26-21)13-12-17(2)3/h13,17,22H,4-12,14-16H2,1-3H3/b18-13-. The van der Waals surface area contributed by atoms with Crippen molar-refractivity contribution in [1.82, 2.24) is 0 Å². The van der Waals surface area contributed by atoms with Crippen LogP contribution in [0.2, 0.25) is 0 Å². The average Bonchev–Trinajstić information content (AvgIpc) is 2.94. The van der Waals surface area contributed by atoms with Crippen LogP contribution in [0.25, 0.3) is 0 Å². The summed E-state index contributed by atoms with van der Waals surface area (Å²) in [5, 5.41) is 9.66. The molecule has 0 bridgehead atoms. The van der Waals surface area contributed by atoms with E-state index in [1.54, 1.807) is 0 Å². The van der Waals surface area contributed by atoms with Crippen LogP contribution in [0.3, 0.4) is 0 Å². The van der Waals surface area contributed by atoms with Gasteiger partial charge in [-0.05, 0) is 18.8 Å². The van der Waals surface area contributed by atoms with Gasteiger partial charge in [0.05, 0.1) is 6.61 Å². The first-order chi connectivity index (χ1) is 12.4. The number of hydrogen-bond donors (Lipinski definition) is 1. The molecule has 0 aromatic carbocycles. The normalized spacial score (nSPS) is 21.4. The van der Waals surface area contributed by atoms with Crippen molar-refractivity contribution in [1.29, 1.82) is 0 Å². The van der Waals surface area contributed by atoms with Crippen molar-refractivity contribution >= 4 is 11.9 Å². The second-order valence-corrected chi connectivity index (χ2v) is 7.80. The van der Waals surface area contributed by atoms with Gasteiger partial charge in [0, 0.05) is 18.4 Å². The van der Waals surface area contributed by atoms with Gasteiger partial charge in [-0.1, -0.05) is 65.4 Å². The van der Waals surface area contributed by atoms with Gasteiger partial charge in [-0.25, -0.2) is 4.79 Å². The van der Waals surface area contributed by atoms with Crippen LogP contribution in [0.5, 0.6) is 0 Å². The van der Waals surface area contributed by atoms with Gasteiger partial charge in [-0.15, -0.1) is 0 Å². The Morgan fingerprint density at radius 3 is 2.50 bits per heavy atom. The zero-order chi connectivity index (χ0) is 19.4. The lowest BCUT2D eigenvalue weighted by molar-refractivity contribution is -0.166. The Balaban J connectivity index is 2.32. The topological polar surface area (TPSA) is 72.8 Å². The Labute approximate surface area is 158 Å². The highest BCUT2D eigenvalue weighted by atomic mass is 16.6. The fourth-order valence-electron chi connectivity index (χ4n) is 2.98. The van der Waals surface area contributed by atoms with E-state index in [9.17, 15) is 14.7 Å². The van der Waals surface area contributed by atoms with Crippen molar-refractivity contribution < 1.29 is 24.2 Å². The van der Waals surface area contributed by atoms with E-state index in [1.165, 1.54) is 25.7 Å². The zero-order valence-electron chi connectivity index (χ0n) is 16.7. The summed E-state index contributed by atoms with van der Waals surface area (Å²) in [5.41, 5.74) is -0.550. The van der Waals surface area contributed by atoms with Crippen LogP contribution in [-0.2, 0) is 19.1 Å². The number of aliphatic hydroxyl groups excluding tert-OH is 1. The molecule has 0 saturated carbocycles. The molecule has 26 heavy (non-hydrogen) atoms. The van der Waals surface area contributed by atoms with Gasteiger partial charge in [-0.2, -0.15) is 0 Å². The van der Waals surface area contributed by atoms with Crippen molar-refractivity contribution in [3.05, 3.63) is 11.6 Å². The highest BCUT2D eigenvalue weighted by molar-refractivity contribution is 5.91. The van der Waals surface area contributed by atoms with Gasteiger partial charge in [-0.3, -0.25) is 4.79 Å². The average molecular weight is 369 g/mol. The second kappa shape index (κ2) is 12.1. The van der Waals surface area contributed by atoms with Crippen molar-refractivity contribution in [2.75, 3.05) is 13.2 Å². The first kappa shape index (κ1) is 22.7. The summed E-state index contributed by atoms with van der Waals surface area (Å²) < 4.78 is 10.6. The molecule has 0 radical (unpaired) electrons. The molecule has 1 saturated heterocycles. The largest absolute Gasteiger partial charge is 0.461 e. The van der Waals surface area contributed by atoms with Gasteiger partial charge < -0.3 is 14.6 Å². The molecular weight excluding hydrogens is 332 g/mol. The molecule has 1 heterocycles. The predicted octanol–water partition coefficient (Wildman–Crippen LogP) is 4.32. The number of esters is 2. The number of rotatable bonds is 13. The molecule has 0 aromatic rings. The quantitative estimate of drug-likeness (QED) is 0.298. The molecule has 150 valence electrons. The number of ether oxygens (including phenoxy) is 2. The molecule has 1 N–H and O–H groups in total. The SMILES string of the molecule is CCCCCCCCCC(=O)OCC1(CO)C/C(=C/CC(C)C)C(=O)O1. The Morgan fingerprint density at radius 2 is 1.88 bits per heavy atom. The van der Waals surface area contributed by atoms with Crippen molar-refractivity contribution in [3.8, 4) is 0 Å². The maximum Gasteiger partial charge on any atom is 0.334 e. The van der Waals surface area contributed by atoms with Crippen molar-refractivity contribution in [3.63, 3.8) is 0 Å². The van der Waals surface area contributed by atoms with E-state index < -0.39 is 11.6 Å². The van der Waals surface area contributed by atoms with Gasteiger partial charge in [0.15, 0.2) is 5.60 Å². The summed E-state index contributed by atoms with van der Waals surface area (Å²) in [6.45, 7) is 5.91. The minimum Gasteiger partial charge on any atom is -0.461 e. The second-order valence-electron chi connectivity index (χ2n) is 7.80. The van der Waals surface area contributed by atoms with E-state index in [2.05, 4.69) is 20.8 Å². The number of cyclic esters (lactones) is 1. The molecule has 0 aliphatic carbocycles. The Bertz CT molecular complexity index is 469. The van der Waals surface area contributed by atoms with Crippen LogP contribution in [0.4, 0.5) is 0 Å². The summed E-state index contributed by atoms with van der Waals surface area (Å²) in [6, 6.07) is 0. The Kier molecular flexibility index (Phi) is 10.6. The number of carbonyl (C=O) groups excluding carboxylic acids is 2. The van der Waals surface area contributed by atoms with E-state index in [0.717, 1.165) is 25.7 Å². The lowest BCUT2D eigenvalue weighted by Crippen LogP contribution is -2.39. The van der Waals surface area contributed by atoms with Gasteiger partial charge in [0.2, 0.25) is 0 Å². The molecule has 1 aliphatic heterocycles. The maximum atomic E-state index is 12.0. The van der Waals surface area contributed by atoms with Gasteiger partial charge in [0.1, 0.15) is 6.61 Å². The number of aliphatic hydroxyl groups is 1. The van der Waals surface area contributed by atoms with E-state index >= 15 is 0 Å². The molecule has 1 aliphatic rings. The van der Waals surface area contributed by atoms with Gasteiger partial charge in [0.25, 0.3) is 0 Å². The first-order valence-electron chi connectivity index (χ1n) is 10.1. The summed E-state index contributed by atoms with van der Waals surface area (Å²) in [6.07, 6.45) is 11.3. The van der Waals surface area contributed by atoms with E-state index in [-0.39, 0.29) is 19.2 Å². The van der Waals surface area contributed by atoms with E-state index in [4.69, 9.17) is 9.47 Å². The highest BCUT2D eigenvalue weighted by Crippen LogP contribution is 2.31. The summed E-state index contributed by atoms with van der Waals surface area (Å²) >= 11 is 0. The molecule has 5 nitrogen and oxygen atoms in total. The van der Waals surface area contributed by atoms with Crippen molar-refractivity contribution in [2.24, 2.45) is 5.92 Å². The Morgan fingerprint density at radius 1 is 1.23 bits per heavy atom. The molecular formula is C21H36O5. The molecule has 1 rings (SSSR count). The lowest BCUT2D eigenvalue weighted by atomic mass is 9.97. The third kappa shape index (κ3) is 8.35. The van der Waals surface area contributed by atoms with Gasteiger partial charge >= 0.3 is 11.9 Å². The number of unbranched alkanes of at least 4 members (excludes halogenated alkanes) is 6. The fraction of sp³-hybridized carbons (Fsp3) is 0.810. The Hall–Kier alpha value is -1.36. The summed E-state index contributed by atoms with van der Waals surface area (Å²) in [4.78, 5) is 23.9. The van der Waals surface area contributed by atoms with E-state index in [0.29, 0.717) is 24.3 Å².